The average Bonchev–Trinajstić information content (AvgIpc) is 3.06. The van der Waals surface area contributed by atoms with Gasteiger partial charge in [-0.1, -0.05) is 6.07 Å². The number of methoxy groups -OCH3 is 1. The van der Waals surface area contributed by atoms with Crippen LogP contribution < -0.4 is 9.64 Å². The van der Waals surface area contributed by atoms with Crippen LogP contribution in [0.15, 0.2) is 30.3 Å². The summed E-state index contributed by atoms with van der Waals surface area (Å²) in [6.45, 7) is 3.95. The van der Waals surface area contributed by atoms with Crippen molar-refractivity contribution in [1.29, 1.82) is 0 Å². The van der Waals surface area contributed by atoms with Crippen LogP contribution in [0.5, 0.6) is 5.75 Å². The molecule has 1 aliphatic rings. The van der Waals surface area contributed by atoms with Crippen LogP contribution in [0.25, 0.3) is 0 Å². The molecule has 0 unspecified atom stereocenters. The van der Waals surface area contributed by atoms with E-state index in [1.54, 1.807) is 18.2 Å². The second-order valence-electron chi connectivity index (χ2n) is 5.60. The molecule has 0 aliphatic carbocycles. The van der Waals surface area contributed by atoms with Crippen molar-refractivity contribution in [2.45, 2.75) is 6.54 Å². The monoisotopic (exact) mass is 351 g/mol. The lowest BCUT2D eigenvalue weighted by Crippen LogP contribution is -2.45. The third kappa shape index (κ3) is 3.65. The smallest absolute Gasteiger partial charge is 0.326 e. The van der Waals surface area contributed by atoms with E-state index in [1.165, 1.54) is 24.5 Å². The van der Waals surface area contributed by atoms with E-state index in [0.29, 0.717) is 6.54 Å². The van der Waals surface area contributed by atoms with Gasteiger partial charge in [-0.2, -0.15) is 0 Å². The van der Waals surface area contributed by atoms with Crippen molar-refractivity contribution in [1.82, 2.24) is 4.90 Å². The average molecular weight is 351 g/mol. The van der Waals surface area contributed by atoms with E-state index in [0.717, 1.165) is 36.7 Å². The van der Waals surface area contributed by atoms with E-state index in [2.05, 4.69) is 9.80 Å². The third-order valence-electron chi connectivity index (χ3n) is 4.06. The lowest BCUT2D eigenvalue weighted by molar-refractivity contribution is -0.380. The van der Waals surface area contributed by atoms with Crippen LogP contribution in [0.4, 0.5) is 14.4 Å². The topological polar surface area (TPSA) is 58.8 Å². The molecule has 2 heterocycles. The number of hydrogen-bond donors (Lipinski definition) is 0. The second-order valence-corrected chi connectivity index (χ2v) is 6.64. The normalized spacial score (nSPS) is 15.5. The van der Waals surface area contributed by atoms with Gasteiger partial charge in [-0.15, -0.1) is 0 Å². The number of benzene rings is 1. The minimum absolute atomic E-state index is 0.168. The molecule has 0 saturated carbocycles. The van der Waals surface area contributed by atoms with Crippen molar-refractivity contribution in [3.8, 4) is 5.75 Å². The zero-order chi connectivity index (χ0) is 17.1. The van der Waals surface area contributed by atoms with E-state index in [1.807, 2.05) is 6.07 Å². The summed E-state index contributed by atoms with van der Waals surface area (Å²) in [7, 11) is 1.45. The molecule has 0 amide bonds. The standard InChI is InChI=1S/C16H18FN3O3S/c1-23-14-3-2-12(10-13(14)17)11-18-6-8-19(9-7-18)15-4-5-16(24-15)20(21)22/h2-5,10H,6-9,11H2,1H3. The first-order valence-corrected chi connectivity index (χ1v) is 8.42. The van der Waals surface area contributed by atoms with Crippen LogP contribution in [-0.4, -0.2) is 43.1 Å². The fourth-order valence-electron chi connectivity index (χ4n) is 2.78. The molecule has 1 aromatic carbocycles. The maximum Gasteiger partial charge on any atom is 0.326 e. The minimum atomic E-state index is -0.358. The quantitative estimate of drug-likeness (QED) is 0.612. The van der Waals surface area contributed by atoms with E-state index in [4.69, 9.17) is 4.74 Å². The number of thiophene rings is 1. The van der Waals surface area contributed by atoms with Crippen LogP contribution in [0.3, 0.4) is 0 Å². The molecule has 24 heavy (non-hydrogen) atoms. The van der Waals surface area contributed by atoms with Gasteiger partial charge in [0.05, 0.1) is 17.0 Å². The fraction of sp³-hybridized carbons (Fsp3) is 0.375. The number of halogens is 1. The van der Waals surface area contributed by atoms with Gasteiger partial charge < -0.3 is 9.64 Å². The molecule has 8 heteroatoms. The maximum absolute atomic E-state index is 13.8. The molecule has 0 atom stereocenters. The van der Waals surface area contributed by atoms with Crippen LogP contribution in [-0.2, 0) is 6.54 Å². The molecule has 3 rings (SSSR count). The highest BCUT2D eigenvalue weighted by atomic mass is 32.1. The first kappa shape index (κ1) is 16.7. The van der Waals surface area contributed by atoms with Crippen LogP contribution >= 0.6 is 11.3 Å². The molecule has 2 aromatic rings. The van der Waals surface area contributed by atoms with Crippen molar-refractivity contribution in [3.05, 3.63) is 51.8 Å². The van der Waals surface area contributed by atoms with E-state index in [9.17, 15) is 14.5 Å². The van der Waals surface area contributed by atoms with Crippen LogP contribution in [0.2, 0.25) is 0 Å². The number of rotatable bonds is 5. The van der Waals surface area contributed by atoms with Crippen molar-refractivity contribution in [3.63, 3.8) is 0 Å². The Balaban J connectivity index is 1.56. The molecule has 1 fully saturated rings. The first-order valence-electron chi connectivity index (χ1n) is 7.61. The SMILES string of the molecule is COc1ccc(CN2CCN(c3ccc([N+](=O)[O-])s3)CC2)cc1F. The van der Waals surface area contributed by atoms with Crippen molar-refractivity contribution in [2.24, 2.45) is 0 Å². The first-order chi connectivity index (χ1) is 11.6. The van der Waals surface area contributed by atoms with Crippen molar-refractivity contribution in [2.75, 3.05) is 38.2 Å². The third-order valence-corrected chi connectivity index (χ3v) is 5.16. The molecule has 0 bridgehead atoms. The zero-order valence-electron chi connectivity index (χ0n) is 13.3. The van der Waals surface area contributed by atoms with Gasteiger partial charge >= 0.3 is 5.00 Å². The van der Waals surface area contributed by atoms with Gasteiger partial charge in [0.25, 0.3) is 0 Å². The number of nitro groups is 1. The fourth-order valence-corrected chi connectivity index (χ4v) is 3.65. The molecular weight excluding hydrogens is 333 g/mol. The summed E-state index contributed by atoms with van der Waals surface area (Å²) in [6, 6.07) is 8.38. The van der Waals surface area contributed by atoms with Gasteiger partial charge in [0.2, 0.25) is 0 Å². The van der Waals surface area contributed by atoms with Gasteiger partial charge in [-0.3, -0.25) is 15.0 Å². The van der Waals surface area contributed by atoms with E-state index in [-0.39, 0.29) is 21.5 Å². The zero-order valence-corrected chi connectivity index (χ0v) is 14.1. The summed E-state index contributed by atoms with van der Waals surface area (Å²) in [5.41, 5.74) is 0.911. The molecule has 0 radical (unpaired) electrons. The van der Waals surface area contributed by atoms with Gasteiger partial charge in [0.15, 0.2) is 11.6 Å². The lowest BCUT2D eigenvalue weighted by Gasteiger charge is -2.35. The van der Waals surface area contributed by atoms with Crippen molar-refractivity contribution < 1.29 is 14.1 Å². The maximum atomic E-state index is 13.8. The molecule has 1 saturated heterocycles. The Morgan fingerprint density at radius 3 is 2.58 bits per heavy atom. The predicted octanol–water partition coefficient (Wildman–Crippen LogP) is 3.13. The Hall–Kier alpha value is -2.19. The summed E-state index contributed by atoms with van der Waals surface area (Å²) in [5, 5.41) is 11.9. The van der Waals surface area contributed by atoms with Crippen LogP contribution in [0, 0.1) is 15.9 Å². The van der Waals surface area contributed by atoms with Crippen molar-refractivity contribution >= 4 is 21.3 Å². The Morgan fingerprint density at radius 1 is 1.25 bits per heavy atom. The summed E-state index contributed by atoms with van der Waals surface area (Å²) >= 11 is 1.20. The largest absolute Gasteiger partial charge is 0.494 e. The Kier molecular flexibility index (Phi) is 4.96. The van der Waals surface area contributed by atoms with E-state index >= 15 is 0 Å². The molecule has 128 valence electrons. The predicted molar refractivity (Wildman–Crippen MR) is 91.4 cm³/mol. The van der Waals surface area contributed by atoms with Gasteiger partial charge in [-0.25, -0.2) is 4.39 Å². The van der Waals surface area contributed by atoms with Gasteiger partial charge in [-0.05, 0) is 35.1 Å². The highest BCUT2D eigenvalue weighted by molar-refractivity contribution is 7.19. The highest BCUT2D eigenvalue weighted by Gasteiger charge is 2.21. The molecule has 1 aromatic heterocycles. The lowest BCUT2D eigenvalue weighted by atomic mass is 10.2. The molecule has 1 aliphatic heterocycles. The Bertz CT molecular complexity index is 729. The number of anilines is 1. The molecule has 0 N–H and O–H groups in total. The molecular formula is C16H18FN3O3S. The molecule has 0 spiro atoms. The minimum Gasteiger partial charge on any atom is -0.494 e. The highest BCUT2D eigenvalue weighted by Crippen LogP contribution is 2.32. The summed E-state index contributed by atoms with van der Waals surface area (Å²) in [4.78, 5) is 14.8. The summed E-state index contributed by atoms with van der Waals surface area (Å²) in [6.07, 6.45) is 0. The van der Waals surface area contributed by atoms with Crippen LogP contribution in [0.1, 0.15) is 5.56 Å². The Labute approximate surface area is 143 Å². The number of hydrogen-bond acceptors (Lipinski definition) is 6. The second kappa shape index (κ2) is 7.14. The van der Waals surface area contributed by atoms with Gasteiger partial charge in [0.1, 0.15) is 0 Å². The molecule has 6 nitrogen and oxygen atoms in total. The van der Waals surface area contributed by atoms with E-state index < -0.39 is 0 Å². The summed E-state index contributed by atoms with van der Waals surface area (Å²) in [5.74, 6) is -0.0950. The Morgan fingerprint density at radius 2 is 2.00 bits per heavy atom. The number of nitrogens with zero attached hydrogens (tertiary/aromatic N) is 3. The summed E-state index contributed by atoms with van der Waals surface area (Å²) < 4.78 is 18.7. The van der Waals surface area contributed by atoms with Gasteiger partial charge in [0, 0.05) is 38.8 Å². The number of ether oxygens (including phenoxy) is 1. The number of piperazine rings is 1.